The quantitative estimate of drug-likeness (QED) is 0.807. The van der Waals surface area contributed by atoms with Gasteiger partial charge in [0.2, 0.25) is 0 Å². The van der Waals surface area contributed by atoms with Gasteiger partial charge >= 0.3 is 0 Å². The van der Waals surface area contributed by atoms with Crippen LogP contribution >= 0.6 is 15.9 Å². The summed E-state index contributed by atoms with van der Waals surface area (Å²) in [4.78, 5) is 11.6. The number of nitrogens with zero attached hydrogens (tertiary/aromatic N) is 1. The Labute approximate surface area is 90.8 Å². The molecule has 0 amide bonds. The summed E-state index contributed by atoms with van der Waals surface area (Å²) in [6.07, 6.45) is 2.88. The van der Waals surface area contributed by atoms with Crippen LogP contribution in [0.5, 0.6) is 0 Å². The zero-order valence-electron chi connectivity index (χ0n) is 7.78. The van der Waals surface area contributed by atoms with Gasteiger partial charge in [0, 0.05) is 25.3 Å². The Kier molecular flexibility index (Phi) is 3.03. The van der Waals surface area contributed by atoms with Gasteiger partial charge in [-0.2, -0.15) is 0 Å². The van der Waals surface area contributed by atoms with E-state index < -0.39 is 0 Å². The van der Waals surface area contributed by atoms with E-state index in [-0.39, 0.29) is 5.56 Å². The standard InChI is InChI=1S/C10H12BrNO2/c11-9-2-1-4-12(10(9)13)6-8-3-5-14-7-8/h1-2,4,8H,3,5-7H2. The summed E-state index contributed by atoms with van der Waals surface area (Å²) in [5.74, 6) is 0.488. The molecule has 0 N–H and O–H groups in total. The monoisotopic (exact) mass is 257 g/mol. The van der Waals surface area contributed by atoms with Crippen molar-refractivity contribution in [2.75, 3.05) is 13.2 Å². The van der Waals surface area contributed by atoms with Crippen molar-refractivity contribution in [1.29, 1.82) is 0 Å². The van der Waals surface area contributed by atoms with E-state index in [1.807, 2.05) is 12.3 Å². The van der Waals surface area contributed by atoms with E-state index in [0.29, 0.717) is 10.4 Å². The second-order valence-electron chi connectivity index (χ2n) is 3.54. The molecule has 3 nitrogen and oxygen atoms in total. The molecule has 0 aromatic carbocycles. The van der Waals surface area contributed by atoms with E-state index in [2.05, 4.69) is 15.9 Å². The first kappa shape index (κ1) is 9.93. The number of ether oxygens (including phenoxy) is 1. The lowest BCUT2D eigenvalue weighted by Gasteiger charge is -2.10. The molecule has 1 aromatic rings. The molecule has 1 aromatic heterocycles. The largest absolute Gasteiger partial charge is 0.381 e. The summed E-state index contributed by atoms with van der Waals surface area (Å²) in [5.41, 5.74) is 0.0411. The molecule has 1 saturated heterocycles. The first-order valence-corrected chi connectivity index (χ1v) is 5.49. The Morgan fingerprint density at radius 2 is 2.50 bits per heavy atom. The summed E-state index contributed by atoms with van der Waals surface area (Å²) in [6.45, 7) is 2.37. The SMILES string of the molecule is O=c1c(Br)cccn1CC1CCOC1. The van der Waals surface area contributed by atoms with Crippen LogP contribution in [-0.4, -0.2) is 17.8 Å². The predicted molar refractivity (Wildman–Crippen MR) is 57.3 cm³/mol. The van der Waals surface area contributed by atoms with Gasteiger partial charge in [0.15, 0.2) is 0 Å². The lowest BCUT2D eigenvalue weighted by atomic mass is 10.1. The molecule has 1 aliphatic heterocycles. The van der Waals surface area contributed by atoms with Gasteiger partial charge in [-0.05, 0) is 34.5 Å². The Bertz CT molecular complexity index is 369. The van der Waals surface area contributed by atoms with Gasteiger partial charge in [-0.3, -0.25) is 4.79 Å². The maximum atomic E-state index is 11.6. The lowest BCUT2D eigenvalue weighted by molar-refractivity contribution is 0.182. The number of aromatic nitrogens is 1. The van der Waals surface area contributed by atoms with Gasteiger partial charge in [0.25, 0.3) is 5.56 Å². The van der Waals surface area contributed by atoms with Crippen LogP contribution in [0.4, 0.5) is 0 Å². The number of hydrogen-bond donors (Lipinski definition) is 0. The summed E-state index contributed by atoms with van der Waals surface area (Å²) in [6, 6.07) is 3.64. The lowest BCUT2D eigenvalue weighted by Crippen LogP contribution is -2.23. The smallest absolute Gasteiger partial charge is 0.264 e. The molecule has 1 unspecified atom stereocenters. The van der Waals surface area contributed by atoms with E-state index in [4.69, 9.17) is 4.74 Å². The molecule has 1 aliphatic rings. The van der Waals surface area contributed by atoms with Gasteiger partial charge in [-0.1, -0.05) is 0 Å². The molecule has 2 heterocycles. The molecule has 1 fully saturated rings. The molecule has 76 valence electrons. The van der Waals surface area contributed by atoms with Gasteiger partial charge in [0.1, 0.15) is 0 Å². The Morgan fingerprint density at radius 3 is 3.21 bits per heavy atom. The minimum absolute atomic E-state index is 0.0411. The molecule has 1 atom stereocenters. The van der Waals surface area contributed by atoms with E-state index >= 15 is 0 Å². The highest BCUT2D eigenvalue weighted by Crippen LogP contribution is 2.14. The summed E-state index contributed by atoms with van der Waals surface area (Å²) in [7, 11) is 0. The first-order chi connectivity index (χ1) is 6.77. The third-order valence-corrected chi connectivity index (χ3v) is 3.06. The average molecular weight is 258 g/mol. The highest BCUT2D eigenvalue weighted by atomic mass is 79.9. The third-order valence-electron chi connectivity index (χ3n) is 2.45. The van der Waals surface area contributed by atoms with Crippen molar-refractivity contribution in [2.24, 2.45) is 5.92 Å². The van der Waals surface area contributed by atoms with Crippen LogP contribution < -0.4 is 5.56 Å². The summed E-state index contributed by atoms with van der Waals surface area (Å²) in [5, 5.41) is 0. The highest BCUT2D eigenvalue weighted by Gasteiger charge is 2.16. The third kappa shape index (κ3) is 2.07. The van der Waals surface area contributed by atoms with Crippen LogP contribution in [0.3, 0.4) is 0 Å². The minimum atomic E-state index is 0.0411. The maximum Gasteiger partial charge on any atom is 0.264 e. The molecule has 0 radical (unpaired) electrons. The molecule has 14 heavy (non-hydrogen) atoms. The predicted octanol–water partition coefficient (Wildman–Crippen LogP) is 1.65. The number of pyridine rings is 1. The van der Waals surface area contributed by atoms with Crippen molar-refractivity contribution in [3.05, 3.63) is 33.2 Å². The fraction of sp³-hybridized carbons (Fsp3) is 0.500. The first-order valence-electron chi connectivity index (χ1n) is 4.70. The minimum Gasteiger partial charge on any atom is -0.381 e. The van der Waals surface area contributed by atoms with Crippen molar-refractivity contribution in [1.82, 2.24) is 4.57 Å². The summed E-state index contributed by atoms with van der Waals surface area (Å²) < 4.78 is 7.64. The van der Waals surface area contributed by atoms with Crippen molar-refractivity contribution in [3.8, 4) is 0 Å². The zero-order valence-corrected chi connectivity index (χ0v) is 9.37. The fourth-order valence-corrected chi connectivity index (χ4v) is 2.04. The molecule has 0 spiro atoms. The number of rotatable bonds is 2. The van der Waals surface area contributed by atoms with Gasteiger partial charge in [0.05, 0.1) is 11.1 Å². The number of halogens is 1. The zero-order chi connectivity index (χ0) is 9.97. The number of hydrogen-bond acceptors (Lipinski definition) is 2. The maximum absolute atomic E-state index is 11.6. The second-order valence-corrected chi connectivity index (χ2v) is 4.40. The van der Waals surface area contributed by atoms with Crippen LogP contribution in [0.15, 0.2) is 27.6 Å². The molecular weight excluding hydrogens is 246 g/mol. The average Bonchev–Trinajstić information content (AvgIpc) is 2.66. The molecule has 0 aliphatic carbocycles. The highest BCUT2D eigenvalue weighted by molar-refractivity contribution is 9.10. The van der Waals surface area contributed by atoms with Crippen LogP contribution in [0.2, 0.25) is 0 Å². The van der Waals surface area contributed by atoms with Gasteiger partial charge in [-0.25, -0.2) is 0 Å². The normalized spacial score (nSPS) is 21.4. The van der Waals surface area contributed by atoms with Crippen LogP contribution in [-0.2, 0) is 11.3 Å². The Morgan fingerprint density at radius 1 is 1.64 bits per heavy atom. The van der Waals surface area contributed by atoms with Crippen molar-refractivity contribution < 1.29 is 4.74 Å². The van der Waals surface area contributed by atoms with Crippen LogP contribution in [0.25, 0.3) is 0 Å². The van der Waals surface area contributed by atoms with E-state index in [0.717, 1.165) is 26.2 Å². The fourth-order valence-electron chi connectivity index (χ4n) is 1.66. The Balaban J connectivity index is 2.16. The van der Waals surface area contributed by atoms with Gasteiger partial charge in [-0.15, -0.1) is 0 Å². The second kappa shape index (κ2) is 4.28. The summed E-state index contributed by atoms with van der Waals surface area (Å²) >= 11 is 3.23. The van der Waals surface area contributed by atoms with E-state index in [1.54, 1.807) is 10.6 Å². The molecule has 2 rings (SSSR count). The van der Waals surface area contributed by atoms with E-state index in [1.165, 1.54) is 0 Å². The van der Waals surface area contributed by atoms with Crippen molar-refractivity contribution in [3.63, 3.8) is 0 Å². The van der Waals surface area contributed by atoms with E-state index in [9.17, 15) is 4.79 Å². The van der Waals surface area contributed by atoms with Crippen LogP contribution in [0.1, 0.15) is 6.42 Å². The van der Waals surface area contributed by atoms with Gasteiger partial charge < -0.3 is 9.30 Å². The van der Waals surface area contributed by atoms with Crippen molar-refractivity contribution in [2.45, 2.75) is 13.0 Å². The van der Waals surface area contributed by atoms with Crippen molar-refractivity contribution >= 4 is 15.9 Å². The molecule has 0 bridgehead atoms. The Hall–Kier alpha value is -0.610. The topological polar surface area (TPSA) is 31.2 Å². The molecule has 4 heteroatoms. The molecule has 0 saturated carbocycles. The molecular formula is C10H12BrNO2. The van der Waals surface area contributed by atoms with Crippen LogP contribution in [0, 0.1) is 5.92 Å².